The summed E-state index contributed by atoms with van der Waals surface area (Å²) in [5.74, 6) is 1.23. The summed E-state index contributed by atoms with van der Waals surface area (Å²) in [5.41, 5.74) is 2.58. The van der Waals surface area contributed by atoms with Gasteiger partial charge in [-0.05, 0) is 35.8 Å². The molecule has 1 aliphatic rings. The van der Waals surface area contributed by atoms with Crippen molar-refractivity contribution in [2.45, 2.75) is 45.7 Å². The Bertz CT molecular complexity index is 658. The number of methoxy groups -OCH3 is 1. The lowest BCUT2D eigenvalue weighted by Crippen LogP contribution is -2.30. The molecule has 0 saturated carbocycles. The number of benzene rings is 2. The molecular formula is C24H32O3. The summed E-state index contributed by atoms with van der Waals surface area (Å²) in [7, 11) is 1.74. The second kappa shape index (κ2) is 10.0. The lowest BCUT2D eigenvalue weighted by molar-refractivity contribution is -0.130. The van der Waals surface area contributed by atoms with Crippen LogP contribution >= 0.6 is 0 Å². The number of rotatable bonds is 9. The van der Waals surface area contributed by atoms with E-state index in [1.54, 1.807) is 7.11 Å². The number of hydrogen-bond donors (Lipinski definition) is 0. The van der Waals surface area contributed by atoms with Crippen LogP contribution in [0.3, 0.4) is 0 Å². The molecule has 0 spiro atoms. The van der Waals surface area contributed by atoms with Gasteiger partial charge in [0.25, 0.3) is 0 Å². The van der Waals surface area contributed by atoms with Crippen LogP contribution in [0.2, 0.25) is 0 Å². The van der Waals surface area contributed by atoms with E-state index in [4.69, 9.17) is 14.2 Å². The molecule has 0 aromatic heterocycles. The molecular weight excluding hydrogens is 336 g/mol. The molecule has 5 atom stereocenters. The third-order valence-electron chi connectivity index (χ3n) is 5.72. The molecule has 0 amide bonds. The molecule has 3 rings (SSSR count). The Morgan fingerprint density at radius 2 is 1.59 bits per heavy atom. The van der Waals surface area contributed by atoms with Crippen LogP contribution in [-0.4, -0.2) is 26.1 Å². The fourth-order valence-electron chi connectivity index (χ4n) is 4.32. The molecule has 0 unspecified atom stereocenters. The Hall–Kier alpha value is -1.68. The number of hydrogen-bond acceptors (Lipinski definition) is 3. The van der Waals surface area contributed by atoms with Crippen LogP contribution < -0.4 is 0 Å². The van der Waals surface area contributed by atoms with Gasteiger partial charge in [0.15, 0.2) is 6.29 Å². The van der Waals surface area contributed by atoms with Gasteiger partial charge in [0.1, 0.15) is 0 Å². The largest absolute Gasteiger partial charge is 0.376 e. The number of ether oxygens (including phenoxy) is 3. The highest BCUT2D eigenvalue weighted by Gasteiger charge is 2.44. The van der Waals surface area contributed by atoms with Crippen molar-refractivity contribution in [3.63, 3.8) is 0 Å². The van der Waals surface area contributed by atoms with Crippen molar-refractivity contribution in [1.82, 2.24) is 0 Å². The molecule has 0 radical (unpaired) electrons. The van der Waals surface area contributed by atoms with Crippen molar-refractivity contribution in [1.29, 1.82) is 0 Å². The van der Waals surface area contributed by atoms with Crippen LogP contribution in [0.1, 0.15) is 31.4 Å². The first-order valence-corrected chi connectivity index (χ1v) is 10.0. The van der Waals surface area contributed by atoms with Crippen molar-refractivity contribution in [2.24, 2.45) is 17.8 Å². The second-order valence-corrected chi connectivity index (χ2v) is 7.72. The molecule has 3 nitrogen and oxygen atoms in total. The highest BCUT2D eigenvalue weighted by atomic mass is 16.7. The summed E-state index contributed by atoms with van der Waals surface area (Å²) in [5, 5.41) is 0. The van der Waals surface area contributed by atoms with Gasteiger partial charge in [0.05, 0.1) is 12.7 Å². The monoisotopic (exact) mass is 368 g/mol. The maximum Gasteiger partial charge on any atom is 0.160 e. The maximum absolute atomic E-state index is 6.27. The normalized spacial score (nSPS) is 26.2. The van der Waals surface area contributed by atoms with Gasteiger partial charge in [-0.1, -0.05) is 74.5 Å². The summed E-state index contributed by atoms with van der Waals surface area (Å²) in [6.45, 7) is 5.93. The molecule has 2 aromatic rings. The fourth-order valence-corrected chi connectivity index (χ4v) is 4.32. The first-order chi connectivity index (χ1) is 13.2. The van der Waals surface area contributed by atoms with Crippen molar-refractivity contribution >= 4 is 0 Å². The van der Waals surface area contributed by atoms with Crippen molar-refractivity contribution in [2.75, 3.05) is 13.7 Å². The lowest BCUT2D eigenvalue weighted by Gasteiger charge is -2.27. The average molecular weight is 369 g/mol. The minimum Gasteiger partial charge on any atom is -0.376 e. The zero-order valence-electron chi connectivity index (χ0n) is 16.7. The van der Waals surface area contributed by atoms with E-state index in [0.29, 0.717) is 24.4 Å². The van der Waals surface area contributed by atoms with E-state index in [9.17, 15) is 0 Å². The number of aryl methyl sites for hydroxylation is 1. The molecule has 3 heteroatoms. The van der Waals surface area contributed by atoms with Crippen LogP contribution in [-0.2, 0) is 27.2 Å². The van der Waals surface area contributed by atoms with Gasteiger partial charge in [-0.25, -0.2) is 0 Å². The highest BCUT2D eigenvalue weighted by molar-refractivity contribution is 5.15. The SMILES string of the molecule is CO[C@@H]1O[C@H](CCc2ccccc2)[C@@H]([C@@H](C)COCc2ccccc2)[C@@H]1C. The van der Waals surface area contributed by atoms with E-state index in [2.05, 4.69) is 68.4 Å². The minimum absolute atomic E-state index is 0.118. The summed E-state index contributed by atoms with van der Waals surface area (Å²) < 4.78 is 17.9. The predicted octanol–water partition coefficient (Wildman–Crippen LogP) is 5.10. The van der Waals surface area contributed by atoms with E-state index in [0.717, 1.165) is 19.4 Å². The van der Waals surface area contributed by atoms with E-state index >= 15 is 0 Å². The molecule has 1 aliphatic heterocycles. The van der Waals surface area contributed by atoms with Crippen molar-refractivity contribution in [3.8, 4) is 0 Å². The predicted molar refractivity (Wildman–Crippen MR) is 108 cm³/mol. The summed E-state index contributed by atoms with van der Waals surface area (Å²) in [4.78, 5) is 0. The highest BCUT2D eigenvalue weighted by Crippen LogP contribution is 2.40. The van der Waals surface area contributed by atoms with Crippen molar-refractivity contribution < 1.29 is 14.2 Å². The smallest absolute Gasteiger partial charge is 0.160 e. The summed E-state index contributed by atoms with van der Waals surface area (Å²) >= 11 is 0. The van der Waals surface area contributed by atoms with Crippen LogP contribution in [0.25, 0.3) is 0 Å². The molecule has 1 saturated heterocycles. The van der Waals surface area contributed by atoms with Gasteiger partial charge in [0.2, 0.25) is 0 Å². The zero-order chi connectivity index (χ0) is 19.1. The summed E-state index contributed by atoms with van der Waals surface area (Å²) in [6, 6.07) is 21.0. The molecule has 146 valence electrons. The van der Waals surface area contributed by atoms with Gasteiger partial charge in [-0.2, -0.15) is 0 Å². The molecule has 0 bridgehead atoms. The minimum atomic E-state index is -0.118. The van der Waals surface area contributed by atoms with Crippen LogP contribution in [0.4, 0.5) is 0 Å². The van der Waals surface area contributed by atoms with Crippen molar-refractivity contribution in [3.05, 3.63) is 71.8 Å². The molecule has 1 heterocycles. The standard InChI is InChI=1S/C24H32O3/c1-18(16-26-17-21-12-8-5-9-13-21)23-19(2)24(25-3)27-22(23)15-14-20-10-6-4-7-11-20/h4-13,18-19,22-24H,14-17H2,1-3H3/t18-,19-,22+,23-,24+/m0/s1. The molecule has 0 N–H and O–H groups in total. The summed E-state index contributed by atoms with van der Waals surface area (Å²) in [6.07, 6.45) is 2.14. The van der Waals surface area contributed by atoms with E-state index in [-0.39, 0.29) is 12.4 Å². The Morgan fingerprint density at radius 3 is 2.22 bits per heavy atom. The topological polar surface area (TPSA) is 27.7 Å². The third kappa shape index (κ3) is 5.41. The van der Waals surface area contributed by atoms with E-state index in [1.807, 2.05) is 6.07 Å². The van der Waals surface area contributed by atoms with Crippen LogP contribution in [0.15, 0.2) is 60.7 Å². The average Bonchev–Trinajstić information content (AvgIpc) is 3.03. The zero-order valence-corrected chi connectivity index (χ0v) is 16.7. The van der Waals surface area contributed by atoms with Crippen LogP contribution in [0, 0.1) is 17.8 Å². The van der Waals surface area contributed by atoms with Gasteiger partial charge in [0, 0.05) is 19.6 Å². The first kappa shape index (κ1) is 20.1. The second-order valence-electron chi connectivity index (χ2n) is 7.72. The first-order valence-electron chi connectivity index (χ1n) is 10.0. The van der Waals surface area contributed by atoms with E-state index < -0.39 is 0 Å². The Kier molecular flexibility index (Phi) is 7.45. The van der Waals surface area contributed by atoms with E-state index in [1.165, 1.54) is 11.1 Å². The Labute approximate surface area is 163 Å². The van der Waals surface area contributed by atoms with Gasteiger partial charge < -0.3 is 14.2 Å². The molecule has 27 heavy (non-hydrogen) atoms. The lowest BCUT2D eigenvalue weighted by atomic mass is 9.80. The quantitative estimate of drug-likeness (QED) is 0.617. The molecule has 1 fully saturated rings. The van der Waals surface area contributed by atoms with Gasteiger partial charge in [-0.3, -0.25) is 0 Å². The molecule has 2 aromatic carbocycles. The Balaban J connectivity index is 1.56. The van der Waals surface area contributed by atoms with Gasteiger partial charge >= 0.3 is 0 Å². The Morgan fingerprint density at radius 1 is 0.963 bits per heavy atom. The molecule has 0 aliphatic carbocycles. The van der Waals surface area contributed by atoms with Gasteiger partial charge in [-0.15, -0.1) is 0 Å². The van der Waals surface area contributed by atoms with Crippen LogP contribution in [0.5, 0.6) is 0 Å². The third-order valence-corrected chi connectivity index (χ3v) is 5.72. The maximum atomic E-state index is 6.27. The fraction of sp³-hybridized carbons (Fsp3) is 0.500.